The molecule has 1 aliphatic rings. The normalized spacial score (nSPS) is 24.5. The first kappa shape index (κ1) is 18.0. The van der Waals surface area contributed by atoms with Crippen LogP contribution in [0, 0.1) is 22.7 Å². The predicted octanol–water partition coefficient (Wildman–Crippen LogP) is 4.77. The Balaban J connectivity index is 2.36. The molecule has 118 valence electrons. The van der Waals surface area contributed by atoms with Crippen LogP contribution >= 0.6 is 15.9 Å². The van der Waals surface area contributed by atoms with Gasteiger partial charge in [0.2, 0.25) is 5.91 Å². The number of nitrogens with one attached hydrogen (secondary N) is 1. The van der Waals surface area contributed by atoms with Crippen LogP contribution in [0.1, 0.15) is 66.7 Å². The minimum Gasteiger partial charge on any atom is -0.355 e. The standard InChI is InChI=1S/C17H32BrNO/c1-16(2,3)14-8-6-13(7-9-14)15(20)19-12-17(4,5)10-11-18/h13-14H,6-12H2,1-5H3,(H,19,20). The van der Waals surface area contributed by atoms with Crippen molar-refractivity contribution in [3.05, 3.63) is 0 Å². The van der Waals surface area contributed by atoms with E-state index in [0.717, 1.165) is 37.1 Å². The summed E-state index contributed by atoms with van der Waals surface area (Å²) in [5, 5.41) is 4.16. The maximum absolute atomic E-state index is 12.3. The molecule has 0 radical (unpaired) electrons. The molecule has 1 aliphatic carbocycles. The highest BCUT2D eigenvalue weighted by Crippen LogP contribution is 2.39. The second kappa shape index (κ2) is 7.29. The monoisotopic (exact) mass is 345 g/mol. The molecule has 1 rings (SSSR count). The number of hydrogen-bond acceptors (Lipinski definition) is 1. The van der Waals surface area contributed by atoms with Crippen molar-refractivity contribution < 1.29 is 4.79 Å². The quantitative estimate of drug-likeness (QED) is 0.714. The topological polar surface area (TPSA) is 29.1 Å². The van der Waals surface area contributed by atoms with Crippen molar-refractivity contribution in [2.45, 2.75) is 66.7 Å². The van der Waals surface area contributed by atoms with Crippen LogP contribution in [0.2, 0.25) is 0 Å². The lowest BCUT2D eigenvalue weighted by Crippen LogP contribution is -2.39. The average molecular weight is 346 g/mol. The molecule has 0 unspecified atom stereocenters. The summed E-state index contributed by atoms with van der Waals surface area (Å²) in [4.78, 5) is 12.3. The van der Waals surface area contributed by atoms with Gasteiger partial charge in [0, 0.05) is 17.8 Å². The van der Waals surface area contributed by atoms with Crippen molar-refractivity contribution in [1.29, 1.82) is 0 Å². The van der Waals surface area contributed by atoms with E-state index >= 15 is 0 Å². The number of amides is 1. The number of halogens is 1. The lowest BCUT2D eigenvalue weighted by Gasteiger charge is -2.36. The molecule has 3 heteroatoms. The van der Waals surface area contributed by atoms with Gasteiger partial charge in [-0.25, -0.2) is 0 Å². The van der Waals surface area contributed by atoms with Crippen molar-refractivity contribution in [2.24, 2.45) is 22.7 Å². The van der Waals surface area contributed by atoms with E-state index in [0.29, 0.717) is 5.41 Å². The highest BCUT2D eigenvalue weighted by atomic mass is 79.9. The fourth-order valence-corrected chi connectivity index (χ4v) is 4.11. The smallest absolute Gasteiger partial charge is 0.223 e. The van der Waals surface area contributed by atoms with E-state index in [9.17, 15) is 4.79 Å². The van der Waals surface area contributed by atoms with E-state index in [1.54, 1.807) is 0 Å². The van der Waals surface area contributed by atoms with Gasteiger partial charge in [0.15, 0.2) is 0 Å². The average Bonchev–Trinajstić information content (AvgIpc) is 2.35. The second-order valence-corrected chi connectivity index (χ2v) is 9.03. The molecule has 0 aromatic heterocycles. The van der Waals surface area contributed by atoms with Crippen molar-refractivity contribution in [2.75, 3.05) is 11.9 Å². The molecule has 0 aromatic rings. The van der Waals surface area contributed by atoms with Crippen LogP contribution in [0.25, 0.3) is 0 Å². The van der Waals surface area contributed by atoms with Crippen LogP contribution in [0.15, 0.2) is 0 Å². The van der Waals surface area contributed by atoms with Crippen molar-refractivity contribution in [1.82, 2.24) is 5.32 Å². The van der Waals surface area contributed by atoms with Crippen LogP contribution in [0.4, 0.5) is 0 Å². The molecule has 0 aliphatic heterocycles. The van der Waals surface area contributed by atoms with Gasteiger partial charge in [0.1, 0.15) is 0 Å². The largest absolute Gasteiger partial charge is 0.355 e. The Kier molecular flexibility index (Phi) is 6.56. The highest BCUT2D eigenvalue weighted by Gasteiger charge is 2.32. The molecule has 1 fully saturated rings. The third-order valence-electron chi connectivity index (χ3n) is 4.84. The predicted molar refractivity (Wildman–Crippen MR) is 90.1 cm³/mol. The molecular weight excluding hydrogens is 314 g/mol. The van der Waals surface area contributed by atoms with Gasteiger partial charge >= 0.3 is 0 Å². The van der Waals surface area contributed by atoms with Crippen LogP contribution in [-0.2, 0) is 4.79 Å². The molecule has 0 spiro atoms. The molecule has 1 amide bonds. The summed E-state index contributed by atoms with van der Waals surface area (Å²) in [7, 11) is 0. The lowest BCUT2D eigenvalue weighted by molar-refractivity contribution is -0.127. The molecule has 2 nitrogen and oxygen atoms in total. The zero-order valence-electron chi connectivity index (χ0n) is 13.9. The first-order valence-electron chi connectivity index (χ1n) is 7.99. The molecule has 0 heterocycles. The fourth-order valence-electron chi connectivity index (χ4n) is 3.04. The molecule has 1 saturated carbocycles. The molecule has 0 saturated heterocycles. The maximum atomic E-state index is 12.3. The Morgan fingerprint density at radius 2 is 1.65 bits per heavy atom. The second-order valence-electron chi connectivity index (χ2n) is 8.24. The Hall–Kier alpha value is -0.0500. The highest BCUT2D eigenvalue weighted by molar-refractivity contribution is 9.09. The Morgan fingerprint density at radius 1 is 1.10 bits per heavy atom. The van der Waals surface area contributed by atoms with Gasteiger partial charge in [-0.05, 0) is 48.9 Å². The minimum atomic E-state index is 0.182. The third-order valence-corrected chi connectivity index (χ3v) is 5.23. The Labute approximate surface area is 133 Å². The minimum absolute atomic E-state index is 0.182. The number of carbonyl (C=O) groups excluding carboxylic acids is 1. The third kappa shape index (κ3) is 5.75. The van der Waals surface area contributed by atoms with Gasteiger partial charge in [-0.3, -0.25) is 4.79 Å². The summed E-state index contributed by atoms with van der Waals surface area (Å²) in [6.07, 6.45) is 5.61. The molecular formula is C17H32BrNO. The van der Waals surface area contributed by atoms with Crippen molar-refractivity contribution in [3.8, 4) is 0 Å². The van der Waals surface area contributed by atoms with Crippen LogP contribution in [0.3, 0.4) is 0 Å². The summed E-state index contributed by atoms with van der Waals surface area (Å²) in [6.45, 7) is 12.2. The zero-order valence-corrected chi connectivity index (χ0v) is 15.5. The van der Waals surface area contributed by atoms with Gasteiger partial charge < -0.3 is 5.32 Å². The molecule has 0 aromatic carbocycles. The van der Waals surface area contributed by atoms with E-state index in [2.05, 4.69) is 55.9 Å². The Bertz CT molecular complexity index is 311. The van der Waals surface area contributed by atoms with Gasteiger partial charge in [-0.1, -0.05) is 50.5 Å². The van der Waals surface area contributed by atoms with Crippen LogP contribution < -0.4 is 5.32 Å². The SMILES string of the molecule is CC(C)(CCBr)CNC(=O)C1CCC(C(C)(C)C)CC1. The van der Waals surface area contributed by atoms with Gasteiger partial charge in [-0.2, -0.15) is 0 Å². The first-order valence-corrected chi connectivity index (χ1v) is 9.11. The Morgan fingerprint density at radius 3 is 2.10 bits per heavy atom. The first-order chi connectivity index (χ1) is 9.15. The molecule has 0 bridgehead atoms. The molecule has 0 atom stereocenters. The fraction of sp³-hybridized carbons (Fsp3) is 0.941. The number of rotatable bonds is 5. The number of alkyl halides is 1. The van der Waals surface area contributed by atoms with Crippen LogP contribution in [0.5, 0.6) is 0 Å². The lowest BCUT2D eigenvalue weighted by atomic mass is 9.69. The molecule has 20 heavy (non-hydrogen) atoms. The summed E-state index contributed by atoms with van der Waals surface area (Å²) < 4.78 is 0. The molecule has 1 N–H and O–H groups in total. The summed E-state index contributed by atoms with van der Waals surface area (Å²) in [5.41, 5.74) is 0.571. The van der Waals surface area contributed by atoms with Crippen molar-refractivity contribution in [3.63, 3.8) is 0 Å². The van der Waals surface area contributed by atoms with Crippen molar-refractivity contribution >= 4 is 21.8 Å². The van der Waals surface area contributed by atoms with E-state index in [-0.39, 0.29) is 17.2 Å². The van der Waals surface area contributed by atoms with E-state index in [4.69, 9.17) is 0 Å². The number of hydrogen-bond donors (Lipinski definition) is 1. The van der Waals surface area contributed by atoms with E-state index < -0.39 is 0 Å². The number of carbonyl (C=O) groups is 1. The summed E-state index contributed by atoms with van der Waals surface area (Å²) in [5.74, 6) is 1.30. The van der Waals surface area contributed by atoms with Gasteiger partial charge in [-0.15, -0.1) is 0 Å². The van der Waals surface area contributed by atoms with Gasteiger partial charge in [0.25, 0.3) is 0 Å². The van der Waals surface area contributed by atoms with Gasteiger partial charge in [0.05, 0.1) is 0 Å². The van der Waals surface area contributed by atoms with E-state index in [1.807, 2.05) is 0 Å². The summed E-state index contributed by atoms with van der Waals surface area (Å²) >= 11 is 3.48. The summed E-state index contributed by atoms with van der Waals surface area (Å²) in [6, 6.07) is 0. The maximum Gasteiger partial charge on any atom is 0.223 e. The zero-order chi connectivity index (χ0) is 15.4. The van der Waals surface area contributed by atoms with E-state index in [1.165, 1.54) is 12.8 Å². The van der Waals surface area contributed by atoms with Crippen LogP contribution in [-0.4, -0.2) is 17.8 Å².